The van der Waals surface area contributed by atoms with Crippen molar-refractivity contribution >= 4 is 62.4 Å². The lowest BCUT2D eigenvalue weighted by molar-refractivity contribution is -0.145. The van der Waals surface area contributed by atoms with Gasteiger partial charge in [-0.05, 0) is 58.2 Å². The summed E-state index contributed by atoms with van der Waals surface area (Å²) in [6.07, 6.45) is 0. The molecule has 3 nitrogen and oxygen atoms in total. The van der Waals surface area contributed by atoms with Crippen molar-refractivity contribution in [1.82, 2.24) is 4.90 Å². The predicted molar refractivity (Wildman–Crippen MR) is 184 cm³/mol. The molecule has 40 heavy (non-hydrogen) atoms. The summed E-state index contributed by atoms with van der Waals surface area (Å²) in [7, 11) is 0. The third-order valence-corrected chi connectivity index (χ3v) is 9.59. The number of rotatable bonds is 10. The SMILES string of the molecule is CC(SC(=S)c1ccccc1)c1ccccc1.CCOC(=O)C(c1ccccc1)C(C)(C)SC(=S)N(CC)CC. The zero-order chi connectivity index (χ0) is 29.5. The quantitative estimate of drug-likeness (QED) is 0.167. The summed E-state index contributed by atoms with van der Waals surface area (Å²) in [6, 6.07) is 30.4. The number of nitrogens with zero attached hydrogens (tertiary/aromatic N) is 1. The fourth-order valence-corrected chi connectivity index (χ4v) is 7.66. The van der Waals surface area contributed by atoms with E-state index < -0.39 is 4.75 Å². The van der Waals surface area contributed by atoms with Crippen molar-refractivity contribution in [2.45, 2.75) is 57.5 Å². The summed E-state index contributed by atoms with van der Waals surface area (Å²) in [6.45, 7) is 14.4. The minimum atomic E-state index is -0.396. The molecule has 7 heteroatoms. The molecule has 0 heterocycles. The largest absolute Gasteiger partial charge is 0.465 e. The van der Waals surface area contributed by atoms with Crippen LogP contribution in [0.1, 0.15) is 69.4 Å². The first-order chi connectivity index (χ1) is 19.1. The van der Waals surface area contributed by atoms with Crippen molar-refractivity contribution in [3.63, 3.8) is 0 Å². The number of hydrogen-bond donors (Lipinski definition) is 0. The molecule has 0 aromatic heterocycles. The van der Waals surface area contributed by atoms with Crippen LogP contribution in [0.2, 0.25) is 0 Å². The summed E-state index contributed by atoms with van der Waals surface area (Å²) in [5.41, 5.74) is 3.41. The van der Waals surface area contributed by atoms with E-state index in [1.165, 1.54) is 5.56 Å². The molecule has 0 aliphatic heterocycles. The van der Waals surface area contributed by atoms with E-state index in [0.29, 0.717) is 11.9 Å². The number of benzene rings is 3. The van der Waals surface area contributed by atoms with Gasteiger partial charge in [0, 0.05) is 23.1 Å². The van der Waals surface area contributed by atoms with Gasteiger partial charge in [0.2, 0.25) is 0 Å². The molecule has 0 saturated heterocycles. The number of ether oxygens (including phenoxy) is 1. The highest BCUT2D eigenvalue weighted by Crippen LogP contribution is 2.41. The standard InChI is InChI=1S/C18H27NO2S2.C15H14S2/c1-6-19(7-2)17(22)23-18(4,5)15(16(20)21-8-3)14-12-10-9-11-13-14;1-12(13-8-4-2-5-9-13)17-15(16)14-10-6-3-7-11-14/h9-13,15H,6-8H2,1-5H3;2-12H,1H3. The number of esters is 1. The lowest BCUT2D eigenvalue weighted by Crippen LogP contribution is -2.37. The molecule has 0 fully saturated rings. The molecular weight excluding hydrogens is 571 g/mol. The number of carbonyl (C=O) groups is 1. The number of carbonyl (C=O) groups excluding carboxylic acids is 1. The molecule has 3 rings (SSSR count). The molecule has 0 saturated carbocycles. The molecule has 0 amide bonds. The van der Waals surface area contributed by atoms with Crippen LogP contribution in [0.3, 0.4) is 0 Å². The Bertz CT molecular complexity index is 1180. The predicted octanol–water partition coefficient (Wildman–Crippen LogP) is 9.33. The molecule has 0 N–H and O–H groups in total. The smallest absolute Gasteiger partial charge is 0.314 e. The van der Waals surface area contributed by atoms with Gasteiger partial charge in [-0.1, -0.05) is 127 Å². The second kappa shape index (κ2) is 17.6. The van der Waals surface area contributed by atoms with Gasteiger partial charge in [-0.25, -0.2) is 0 Å². The summed E-state index contributed by atoms with van der Waals surface area (Å²) in [4.78, 5) is 14.7. The van der Waals surface area contributed by atoms with Crippen molar-refractivity contribution in [3.8, 4) is 0 Å². The molecular formula is C33H41NO2S4. The van der Waals surface area contributed by atoms with E-state index in [4.69, 9.17) is 29.2 Å². The minimum Gasteiger partial charge on any atom is -0.465 e. The van der Waals surface area contributed by atoms with E-state index >= 15 is 0 Å². The highest BCUT2D eigenvalue weighted by atomic mass is 32.2. The molecule has 2 atom stereocenters. The third kappa shape index (κ3) is 10.7. The molecule has 0 spiro atoms. The van der Waals surface area contributed by atoms with Crippen LogP contribution >= 0.6 is 48.0 Å². The van der Waals surface area contributed by atoms with Crippen LogP contribution in [0.5, 0.6) is 0 Å². The van der Waals surface area contributed by atoms with Crippen LogP contribution in [0.25, 0.3) is 0 Å². The first-order valence-corrected chi connectivity index (χ1v) is 16.2. The van der Waals surface area contributed by atoms with Gasteiger partial charge in [-0.2, -0.15) is 0 Å². The van der Waals surface area contributed by atoms with Gasteiger partial charge in [0.1, 0.15) is 4.32 Å². The van der Waals surface area contributed by atoms with Gasteiger partial charge in [-0.15, -0.1) is 11.8 Å². The van der Waals surface area contributed by atoms with Gasteiger partial charge in [0.25, 0.3) is 0 Å². The van der Waals surface area contributed by atoms with Gasteiger partial charge in [0.15, 0.2) is 0 Å². The van der Waals surface area contributed by atoms with Crippen molar-refractivity contribution in [3.05, 3.63) is 108 Å². The molecule has 0 bridgehead atoms. The van der Waals surface area contributed by atoms with Gasteiger partial charge in [0.05, 0.1) is 16.7 Å². The van der Waals surface area contributed by atoms with E-state index in [2.05, 4.69) is 75.9 Å². The van der Waals surface area contributed by atoms with Gasteiger partial charge in [-0.3, -0.25) is 4.79 Å². The van der Waals surface area contributed by atoms with E-state index in [1.807, 2.05) is 61.5 Å². The first kappa shape index (κ1) is 34.0. The Balaban J connectivity index is 0.000000292. The monoisotopic (exact) mass is 611 g/mol. The maximum absolute atomic E-state index is 12.6. The fourth-order valence-electron chi connectivity index (χ4n) is 4.12. The van der Waals surface area contributed by atoms with Crippen molar-refractivity contribution in [2.24, 2.45) is 0 Å². The van der Waals surface area contributed by atoms with Crippen molar-refractivity contribution in [1.29, 1.82) is 0 Å². The Kier molecular flexibility index (Phi) is 15.0. The summed E-state index contributed by atoms with van der Waals surface area (Å²) in [5.74, 6) is -0.555. The normalized spacial score (nSPS) is 12.3. The van der Waals surface area contributed by atoms with Crippen LogP contribution in [0.15, 0.2) is 91.0 Å². The summed E-state index contributed by atoms with van der Waals surface area (Å²) in [5, 5.41) is 0.393. The Morgan fingerprint density at radius 3 is 1.77 bits per heavy atom. The number of hydrogen-bond acceptors (Lipinski definition) is 6. The van der Waals surface area contributed by atoms with E-state index in [-0.39, 0.29) is 11.9 Å². The van der Waals surface area contributed by atoms with Gasteiger partial charge >= 0.3 is 5.97 Å². The van der Waals surface area contributed by atoms with Crippen molar-refractivity contribution < 1.29 is 9.53 Å². The maximum Gasteiger partial charge on any atom is 0.314 e. The zero-order valence-electron chi connectivity index (χ0n) is 24.3. The maximum atomic E-state index is 12.6. The first-order valence-electron chi connectivity index (χ1n) is 13.6. The van der Waals surface area contributed by atoms with E-state index in [1.54, 1.807) is 23.5 Å². The lowest BCUT2D eigenvalue weighted by Gasteiger charge is -2.34. The summed E-state index contributed by atoms with van der Waals surface area (Å²) >= 11 is 14.3. The third-order valence-electron chi connectivity index (χ3n) is 6.28. The molecule has 0 radical (unpaired) electrons. The second-order valence-corrected chi connectivity index (χ2v) is 13.9. The van der Waals surface area contributed by atoms with Crippen LogP contribution in [0, 0.1) is 0 Å². The Morgan fingerprint density at radius 1 is 0.825 bits per heavy atom. The molecule has 2 unspecified atom stereocenters. The van der Waals surface area contributed by atoms with Crippen LogP contribution < -0.4 is 0 Å². The Hall–Kier alpha value is -2.19. The topological polar surface area (TPSA) is 29.5 Å². The second-order valence-electron chi connectivity index (χ2n) is 9.56. The highest BCUT2D eigenvalue weighted by Gasteiger charge is 2.39. The molecule has 3 aromatic rings. The molecule has 214 valence electrons. The number of thioether (sulfide) groups is 2. The number of thiocarbonyl (C=S) groups is 2. The highest BCUT2D eigenvalue weighted by molar-refractivity contribution is 8.24. The zero-order valence-corrected chi connectivity index (χ0v) is 27.6. The van der Waals surface area contributed by atoms with Crippen molar-refractivity contribution in [2.75, 3.05) is 19.7 Å². The summed E-state index contributed by atoms with van der Waals surface area (Å²) < 4.78 is 6.72. The minimum absolute atomic E-state index is 0.196. The van der Waals surface area contributed by atoms with Crippen LogP contribution in [-0.4, -0.2) is 43.8 Å². The van der Waals surface area contributed by atoms with Crippen LogP contribution in [-0.2, 0) is 9.53 Å². The molecule has 0 aliphatic carbocycles. The Morgan fingerprint density at radius 2 is 1.30 bits per heavy atom. The van der Waals surface area contributed by atoms with Gasteiger partial charge < -0.3 is 9.64 Å². The average Bonchev–Trinajstić information content (AvgIpc) is 2.95. The Labute approximate surface area is 260 Å². The molecule has 3 aromatic carbocycles. The van der Waals surface area contributed by atoms with E-state index in [9.17, 15) is 4.79 Å². The lowest BCUT2D eigenvalue weighted by atomic mass is 9.87. The van der Waals surface area contributed by atoms with E-state index in [0.717, 1.165) is 32.7 Å². The van der Waals surface area contributed by atoms with Crippen LogP contribution in [0.4, 0.5) is 0 Å². The fraction of sp³-hybridized carbons (Fsp3) is 0.364. The average molecular weight is 612 g/mol. The molecule has 0 aliphatic rings.